The molecule has 0 bridgehead atoms. The first-order valence-electron chi connectivity index (χ1n) is 15.6. The van der Waals surface area contributed by atoms with Crippen LogP contribution in [-0.2, 0) is 33.4 Å². The van der Waals surface area contributed by atoms with Gasteiger partial charge in [-0.3, -0.25) is 19.2 Å². The van der Waals surface area contributed by atoms with Gasteiger partial charge in [0, 0.05) is 18.3 Å². The number of fused-ring (bicyclic) bond motifs is 5. The molecule has 10 heteroatoms. The summed E-state index contributed by atoms with van der Waals surface area (Å²) in [6.07, 6.45) is 4.25. The van der Waals surface area contributed by atoms with E-state index in [1.807, 2.05) is 6.92 Å². The fourth-order valence-corrected chi connectivity index (χ4v) is 8.98. The average Bonchev–Trinajstić information content (AvgIpc) is 3.28. The largest absolute Gasteiger partial charge is 0.467 e. The van der Waals surface area contributed by atoms with Gasteiger partial charge in [0.2, 0.25) is 11.7 Å². The van der Waals surface area contributed by atoms with E-state index in [-0.39, 0.29) is 54.6 Å². The number of nitrogens with one attached hydrogen (secondary N) is 1. The summed E-state index contributed by atoms with van der Waals surface area (Å²) in [7, 11) is 1.22. The maximum absolute atomic E-state index is 13.5. The average molecular weight is 610 g/mol. The maximum Gasteiger partial charge on any atom is 0.333 e. The van der Waals surface area contributed by atoms with Crippen molar-refractivity contribution in [1.82, 2.24) is 5.32 Å². The van der Waals surface area contributed by atoms with Crippen molar-refractivity contribution >= 4 is 29.4 Å². The molecule has 0 unspecified atom stereocenters. The first-order chi connectivity index (χ1) is 20.8. The lowest BCUT2D eigenvalue weighted by atomic mass is 9.45. The number of amides is 1. The van der Waals surface area contributed by atoms with E-state index in [0.29, 0.717) is 24.8 Å². The Kier molecular flexibility index (Phi) is 8.88. The molecule has 0 aromatic heterocycles. The summed E-state index contributed by atoms with van der Waals surface area (Å²) < 4.78 is 10.0. The van der Waals surface area contributed by atoms with E-state index >= 15 is 0 Å². The van der Waals surface area contributed by atoms with E-state index in [9.17, 15) is 34.2 Å². The second-order valence-electron chi connectivity index (χ2n) is 13.5. The van der Waals surface area contributed by atoms with Crippen molar-refractivity contribution in [1.29, 1.82) is 0 Å². The van der Waals surface area contributed by atoms with Gasteiger partial charge in [0.25, 0.3) is 0 Å². The summed E-state index contributed by atoms with van der Waals surface area (Å²) in [4.78, 5) is 62.9. The molecular weight excluding hydrogens is 566 g/mol. The van der Waals surface area contributed by atoms with Crippen LogP contribution in [0, 0.1) is 28.6 Å². The fourth-order valence-electron chi connectivity index (χ4n) is 8.98. The van der Waals surface area contributed by atoms with Crippen LogP contribution >= 0.6 is 0 Å². The Morgan fingerprint density at radius 2 is 1.77 bits per heavy atom. The van der Waals surface area contributed by atoms with Gasteiger partial charge in [0.1, 0.15) is 5.60 Å². The zero-order chi connectivity index (χ0) is 31.9. The number of esters is 2. The quantitative estimate of drug-likeness (QED) is 0.358. The first-order valence-corrected chi connectivity index (χ1v) is 15.6. The summed E-state index contributed by atoms with van der Waals surface area (Å²) in [5.41, 5.74) is -1.28. The molecule has 8 atom stereocenters. The number of aliphatic hydroxyl groups is 2. The highest BCUT2D eigenvalue weighted by Gasteiger charge is 2.68. The summed E-state index contributed by atoms with van der Waals surface area (Å²) in [6.45, 7) is 3.39. The number of rotatable bonds is 9. The Labute approximate surface area is 257 Å². The van der Waals surface area contributed by atoms with Crippen LogP contribution in [0.2, 0.25) is 0 Å². The van der Waals surface area contributed by atoms with E-state index in [1.165, 1.54) is 7.11 Å². The van der Waals surface area contributed by atoms with Crippen LogP contribution in [0.3, 0.4) is 0 Å². The highest BCUT2D eigenvalue weighted by atomic mass is 16.5. The Bertz CT molecular complexity index is 1360. The SMILES string of the molecule is COC(=O)[C@@H](NC(=O)CCC(=O)OCC(=O)[C@@]1(O)CC[C@H]2[C@@H]3CCC4=CC(=O)CC[C@]4(C)[C@H]3[C@H](O)C[C@@]21C)c1ccccc1. The lowest BCUT2D eigenvalue weighted by Crippen LogP contribution is -2.62. The van der Waals surface area contributed by atoms with Gasteiger partial charge in [-0.25, -0.2) is 4.79 Å². The molecule has 3 N–H and O–H groups in total. The number of hydrogen-bond acceptors (Lipinski definition) is 9. The van der Waals surface area contributed by atoms with E-state index in [1.54, 1.807) is 36.4 Å². The van der Waals surface area contributed by atoms with Crippen LogP contribution in [0.15, 0.2) is 42.0 Å². The van der Waals surface area contributed by atoms with Crippen molar-refractivity contribution in [2.75, 3.05) is 13.7 Å². The number of benzene rings is 1. The highest BCUT2D eigenvalue weighted by Crippen LogP contribution is 2.67. The fraction of sp³-hybridized carbons (Fsp3) is 0.618. The molecule has 238 valence electrons. The summed E-state index contributed by atoms with van der Waals surface area (Å²) >= 11 is 0. The zero-order valence-corrected chi connectivity index (χ0v) is 25.7. The van der Waals surface area contributed by atoms with Gasteiger partial charge in [0.05, 0.1) is 19.6 Å². The molecule has 3 saturated carbocycles. The van der Waals surface area contributed by atoms with Crippen molar-refractivity contribution in [2.45, 2.75) is 89.4 Å². The van der Waals surface area contributed by atoms with Gasteiger partial charge >= 0.3 is 11.9 Å². The van der Waals surface area contributed by atoms with Crippen molar-refractivity contribution in [3.8, 4) is 0 Å². The smallest absolute Gasteiger partial charge is 0.333 e. The predicted molar refractivity (Wildman–Crippen MR) is 158 cm³/mol. The van der Waals surface area contributed by atoms with Gasteiger partial charge in [-0.05, 0) is 73.3 Å². The third-order valence-corrected chi connectivity index (χ3v) is 11.3. The van der Waals surface area contributed by atoms with E-state index in [4.69, 9.17) is 9.47 Å². The van der Waals surface area contributed by atoms with Crippen LogP contribution in [0.4, 0.5) is 0 Å². The summed E-state index contributed by atoms with van der Waals surface area (Å²) in [5.74, 6) is -2.39. The van der Waals surface area contributed by atoms with Crippen molar-refractivity contribution in [3.63, 3.8) is 0 Å². The van der Waals surface area contributed by atoms with Gasteiger partial charge in [-0.15, -0.1) is 0 Å². The van der Waals surface area contributed by atoms with Crippen molar-refractivity contribution in [2.24, 2.45) is 28.6 Å². The molecule has 1 aromatic rings. The number of ether oxygens (including phenoxy) is 2. The Balaban J connectivity index is 1.18. The van der Waals surface area contributed by atoms with Gasteiger partial charge in [-0.2, -0.15) is 0 Å². The number of Topliss-reactive ketones (excluding diaryl/α,β-unsaturated/α-hetero) is 1. The van der Waals surface area contributed by atoms with Gasteiger partial charge in [0.15, 0.2) is 18.4 Å². The Morgan fingerprint density at radius 1 is 1.05 bits per heavy atom. The molecule has 44 heavy (non-hydrogen) atoms. The number of methoxy groups -OCH3 is 1. The zero-order valence-electron chi connectivity index (χ0n) is 25.7. The lowest BCUT2D eigenvalue weighted by Gasteiger charge is -2.60. The number of carbonyl (C=O) groups is 5. The molecule has 1 amide bonds. The molecule has 1 aromatic carbocycles. The minimum Gasteiger partial charge on any atom is -0.467 e. The van der Waals surface area contributed by atoms with Crippen molar-refractivity contribution < 1.29 is 43.7 Å². The molecule has 0 spiro atoms. The predicted octanol–water partition coefficient (Wildman–Crippen LogP) is 3.14. The number of carbonyl (C=O) groups excluding carboxylic acids is 5. The minimum absolute atomic E-state index is 0.00706. The van der Waals surface area contributed by atoms with E-state index in [2.05, 4.69) is 12.2 Å². The Hall–Kier alpha value is -3.37. The van der Waals surface area contributed by atoms with Crippen LogP contribution in [0.25, 0.3) is 0 Å². The monoisotopic (exact) mass is 609 g/mol. The number of allylic oxidation sites excluding steroid dienone is 1. The second kappa shape index (κ2) is 12.2. The Morgan fingerprint density at radius 3 is 2.48 bits per heavy atom. The van der Waals surface area contributed by atoms with Gasteiger partial charge in [-0.1, -0.05) is 49.8 Å². The molecule has 5 rings (SSSR count). The van der Waals surface area contributed by atoms with Crippen LogP contribution in [0.5, 0.6) is 0 Å². The number of aliphatic hydroxyl groups excluding tert-OH is 1. The topological polar surface area (TPSA) is 156 Å². The normalized spacial score (nSPS) is 34.8. The van der Waals surface area contributed by atoms with Crippen LogP contribution in [0.1, 0.15) is 83.2 Å². The summed E-state index contributed by atoms with van der Waals surface area (Å²) in [5, 5.41) is 26.0. The first kappa shape index (κ1) is 32.0. The van der Waals surface area contributed by atoms with Crippen LogP contribution < -0.4 is 5.32 Å². The molecule has 4 aliphatic carbocycles. The third-order valence-electron chi connectivity index (χ3n) is 11.3. The maximum atomic E-state index is 13.5. The van der Waals surface area contributed by atoms with Crippen molar-refractivity contribution in [3.05, 3.63) is 47.5 Å². The molecular formula is C34H43NO9. The lowest BCUT2D eigenvalue weighted by molar-refractivity contribution is -0.184. The number of hydrogen-bond donors (Lipinski definition) is 3. The molecule has 0 aliphatic heterocycles. The van der Waals surface area contributed by atoms with E-state index in [0.717, 1.165) is 18.4 Å². The van der Waals surface area contributed by atoms with Gasteiger partial charge < -0.3 is 25.0 Å². The minimum atomic E-state index is -1.76. The highest BCUT2D eigenvalue weighted by molar-refractivity contribution is 5.92. The molecule has 0 radical (unpaired) electrons. The summed E-state index contributed by atoms with van der Waals surface area (Å²) in [6, 6.07) is 7.54. The molecule has 3 fully saturated rings. The molecule has 0 heterocycles. The molecule has 0 saturated heterocycles. The van der Waals surface area contributed by atoms with E-state index < -0.39 is 53.4 Å². The second-order valence-corrected chi connectivity index (χ2v) is 13.5. The van der Waals surface area contributed by atoms with Crippen LogP contribution in [-0.4, -0.2) is 65.0 Å². The molecule has 10 nitrogen and oxygen atoms in total. The number of ketones is 2. The standard InChI is InChI=1S/C34H43NO9/c1-32-15-13-22(36)17-21(32)9-10-23-24-14-16-34(42,33(24,2)18-25(37)29(23)32)26(38)19-44-28(40)12-11-27(39)35-30(31(41)43-3)20-7-5-4-6-8-20/h4-8,17,23-25,29-30,37,42H,9-16,18-19H2,1-3H3,(H,35,39)/t23-,24-,25+,29+,30-,32-,33-,34-/m0/s1. The molecule has 4 aliphatic rings. The third kappa shape index (κ3) is 5.51.